The summed E-state index contributed by atoms with van der Waals surface area (Å²) in [4.78, 5) is 23.0. The van der Waals surface area contributed by atoms with Crippen LogP contribution in [0, 0.1) is 5.92 Å². The molecule has 17 heavy (non-hydrogen) atoms. The first-order chi connectivity index (χ1) is 7.82. The normalized spacial score (nSPS) is 10.5. The minimum atomic E-state index is -0.967. The largest absolute Gasteiger partial charge is 0.504 e. The molecule has 0 spiro atoms. The predicted molar refractivity (Wildman–Crippen MR) is 61.5 cm³/mol. The molecule has 5 nitrogen and oxygen atoms in total. The van der Waals surface area contributed by atoms with Crippen molar-refractivity contribution in [3.63, 3.8) is 0 Å². The van der Waals surface area contributed by atoms with E-state index in [-0.39, 0.29) is 23.7 Å². The van der Waals surface area contributed by atoms with Gasteiger partial charge in [-0.15, -0.1) is 0 Å². The summed E-state index contributed by atoms with van der Waals surface area (Å²) < 4.78 is 0. The minimum Gasteiger partial charge on any atom is -0.504 e. The zero-order chi connectivity index (χ0) is 13.2. The van der Waals surface area contributed by atoms with Gasteiger partial charge in [-0.2, -0.15) is 0 Å². The number of carbonyl (C=O) groups excluding carboxylic acids is 1. The molecule has 1 aromatic rings. The first-order valence-corrected chi connectivity index (χ1v) is 5.15. The summed E-state index contributed by atoms with van der Waals surface area (Å²) in [7, 11) is 0. The summed E-state index contributed by atoms with van der Waals surface area (Å²) >= 11 is 0. The van der Waals surface area contributed by atoms with Gasteiger partial charge in [0.2, 0.25) is 16.9 Å². The van der Waals surface area contributed by atoms with Crippen LogP contribution in [-0.2, 0) is 0 Å². The van der Waals surface area contributed by atoms with Gasteiger partial charge in [-0.05, 0) is 12.0 Å². The van der Waals surface area contributed by atoms with E-state index in [0.29, 0.717) is 0 Å². The lowest BCUT2D eigenvalue weighted by Gasteiger charge is -2.01. The molecular weight excluding hydrogens is 224 g/mol. The highest BCUT2D eigenvalue weighted by Crippen LogP contribution is 2.30. The Kier molecular flexibility index (Phi) is 3.73. The van der Waals surface area contributed by atoms with E-state index in [2.05, 4.69) is 0 Å². The van der Waals surface area contributed by atoms with E-state index in [1.54, 1.807) is 0 Å². The number of hydrogen-bond acceptors (Lipinski definition) is 5. The van der Waals surface area contributed by atoms with Gasteiger partial charge >= 0.3 is 0 Å². The van der Waals surface area contributed by atoms with Crippen LogP contribution in [0.25, 0.3) is 0 Å². The van der Waals surface area contributed by atoms with Gasteiger partial charge < -0.3 is 15.3 Å². The first-order valence-electron chi connectivity index (χ1n) is 5.15. The fourth-order valence-corrected chi connectivity index (χ4v) is 1.35. The Labute approximate surface area is 98.0 Å². The van der Waals surface area contributed by atoms with Crippen LogP contribution in [0.4, 0.5) is 0 Å². The number of ketones is 1. The van der Waals surface area contributed by atoms with Gasteiger partial charge in [0.15, 0.2) is 11.5 Å². The Morgan fingerprint density at radius 3 is 2.29 bits per heavy atom. The van der Waals surface area contributed by atoms with Gasteiger partial charge in [0.25, 0.3) is 0 Å². The molecule has 0 atom stereocenters. The monoisotopic (exact) mass is 238 g/mol. The zero-order valence-corrected chi connectivity index (χ0v) is 9.60. The van der Waals surface area contributed by atoms with Gasteiger partial charge in [-0.1, -0.05) is 13.8 Å². The lowest BCUT2D eigenvalue weighted by molar-refractivity contribution is 0.0967. The average molecular weight is 238 g/mol. The van der Waals surface area contributed by atoms with Crippen molar-refractivity contribution in [2.24, 2.45) is 5.92 Å². The molecule has 92 valence electrons. The number of aromatic hydroxyl groups is 3. The third kappa shape index (κ3) is 2.96. The fraction of sp³-hybridized carbons (Fsp3) is 0.333. The summed E-state index contributed by atoms with van der Waals surface area (Å²) in [5, 5.41) is 27.8. The highest BCUT2D eigenvalue weighted by Gasteiger charge is 2.14. The summed E-state index contributed by atoms with van der Waals surface area (Å²) in [6.07, 6.45) is 0.213. The molecule has 5 heteroatoms. The van der Waals surface area contributed by atoms with Crippen LogP contribution in [0.15, 0.2) is 16.9 Å². The molecule has 0 unspecified atom stereocenters. The maximum absolute atomic E-state index is 11.7. The average Bonchev–Trinajstić information content (AvgIpc) is 2.32. The maximum atomic E-state index is 11.7. The van der Waals surface area contributed by atoms with Crippen molar-refractivity contribution >= 4 is 5.78 Å². The molecule has 1 rings (SSSR count). The van der Waals surface area contributed by atoms with Crippen LogP contribution < -0.4 is 5.43 Å². The lowest BCUT2D eigenvalue weighted by Crippen LogP contribution is -2.05. The summed E-state index contributed by atoms with van der Waals surface area (Å²) in [6, 6.07) is 1.88. The highest BCUT2D eigenvalue weighted by atomic mass is 16.3. The molecule has 0 aliphatic carbocycles. The Balaban J connectivity index is 3.34. The molecule has 0 saturated heterocycles. The van der Waals surface area contributed by atoms with Crippen LogP contribution in [0.2, 0.25) is 0 Å². The molecule has 0 aliphatic rings. The van der Waals surface area contributed by atoms with Crippen molar-refractivity contribution in [1.29, 1.82) is 0 Å². The molecule has 3 N–H and O–H groups in total. The number of Topliss-reactive ketones (excluding diaryl/α,β-unsaturated/α-hetero) is 1. The third-order valence-corrected chi connectivity index (χ3v) is 2.19. The van der Waals surface area contributed by atoms with Crippen molar-refractivity contribution < 1.29 is 20.1 Å². The minimum absolute atomic E-state index is 0.0307. The number of rotatable bonds is 3. The fourth-order valence-electron chi connectivity index (χ4n) is 1.35. The molecule has 0 saturated carbocycles. The van der Waals surface area contributed by atoms with E-state index in [0.717, 1.165) is 12.1 Å². The molecule has 0 heterocycles. The SMILES string of the molecule is CC(C)CC(=O)c1cc(O)c(O)c(O)c(=O)c1. The maximum Gasteiger partial charge on any atom is 0.224 e. The zero-order valence-electron chi connectivity index (χ0n) is 9.60. The van der Waals surface area contributed by atoms with Crippen molar-refractivity contribution in [3.05, 3.63) is 27.9 Å². The number of carbonyl (C=O) groups is 1. The smallest absolute Gasteiger partial charge is 0.224 e. The quantitative estimate of drug-likeness (QED) is 0.692. The van der Waals surface area contributed by atoms with Crippen LogP contribution in [0.1, 0.15) is 30.6 Å². The van der Waals surface area contributed by atoms with E-state index in [9.17, 15) is 24.9 Å². The molecule has 0 aliphatic heterocycles. The third-order valence-electron chi connectivity index (χ3n) is 2.19. The second-order valence-electron chi connectivity index (χ2n) is 4.21. The molecule has 0 aromatic heterocycles. The number of hydrogen-bond donors (Lipinski definition) is 3. The molecule has 0 bridgehead atoms. The van der Waals surface area contributed by atoms with Crippen molar-refractivity contribution in [2.75, 3.05) is 0 Å². The van der Waals surface area contributed by atoms with Crippen molar-refractivity contribution in [3.8, 4) is 17.2 Å². The van der Waals surface area contributed by atoms with Crippen LogP contribution >= 0.6 is 0 Å². The summed E-state index contributed by atoms with van der Waals surface area (Å²) in [5.41, 5.74) is -0.938. The van der Waals surface area contributed by atoms with E-state index in [1.165, 1.54) is 0 Å². The van der Waals surface area contributed by atoms with E-state index >= 15 is 0 Å². The van der Waals surface area contributed by atoms with Gasteiger partial charge in [0.05, 0.1) is 0 Å². The van der Waals surface area contributed by atoms with Gasteiger partial charge in [-0.3, -0.25) is 9.59 Å². The summed E-state index contributed by atoms with van der Waals surface area (Å²) in [5.74, 6) is -2.81. The Bertz CT molecular complexity index is 505. The molecule has 0 radical (unpaired) electrons. The Morgan fingerprint density at radius 2 is 1.76 bits per heavy atom. The first kappa shape index (κ1) is 13.0. The van der Waals surface area contributed by atoms with Gasteiger partial charge in [0, 0.05) is 18.1 Å². The van der Waals surface area contributed by atoms with Crippen LogP contribution in [0.3, 0.4) is 0 Å². The van der Waals surface area contributed by atoms with E-state index < -0.39 is 22.7 Å². The lowest BCUT2D eigenvalue weighted by atomic mass is 10.0. The second-order valence-corrected chi connectivity index (χ2v) is 4.21. The highest BCUT2D eigenvalue weighted by molar-refractivity contribution is 5.96. The topological polar surface area (TPSA) is 94.8 Å². The van der Waals surface area contributed by atoms with Crippen LogP contribution in [0.5, 0.6) is 17.2 Å². The molecule has 0 fully saturated rings. The van der Waals surface area contributed by atoms with Crippen molar-refractivity contribution in [1.82, 2.24) is 0 Å². The Morgan fingerprint density at radius 1 is 1.18 bits per heavy atom. The predicted octanol–water partition coefficient (Wildman–Crippen LogP) is 1.39. The van der Waals surface area contributed by atoms with Gasteiger partial charge in [0.1, 0.15) is 0 Å². The standard InChI is InChI=1S/C12H14O5/c1-6(2)3-8(13)7-4-9(14)11(16)12(17)10(15)5-7/h4-6H,3H2,1-2H3,(H3,14,15,16,17). The molecule has 1 aromatic carbocycles. The van der Waals surface area contributed by atoms with Crippen molar-refractivity contribution in [2.45, 2.75) is 20.3 Å². The Hall–Kier alpha value is -2.04. The van der Waals surface area contributed by atoms with Crippen LogP contribution in [-0.4, -0.2) is 21.1 Å². The summed E-state index contributed by atoms with van der Waals surface area (Å²) in [6.45, 7) is 3.68. The van der Waals surface area contributed by atoms with E-state index in [4.69, 9.17) is 0 Å². The second kappa shape index (κ2) is 4.86. The molecule has 0 amide bonds. The van der Waals surface area contributed by atoms with E-state index in [1.807, 2.05) is 13.8 Å². The van der Waals surface area contributed by atoms with Gasteiger partial charge in [-0.25, -0.2) is 0 Å². The molecular formula is C12H14O5.